The maximum Gasteiger partial charge on any atom is 0.311 e. The van der Waals surface area contributed by atoms with Gasteiger partial charge in [0.05, 0.1) is 17.6 Å². The van der Waals surface area contributed by atoms with Gasteiger partial charge in [0.25, 0.3) is 5.91 Å². The highest BCUT2D eigenvalue weighted by molar-refractivity contribution is 5.97. The first-order chi connectivity index (χ1) is 10.6. The minimum absolute atomic E-state index is 0.0770. The van der Waals surface area contributed by atoms with E-state index in [2.05, 4.69) is 0 Å². The second-order valence-electron chi connectivity index (χ2n) is 6.17. The number of carbonyl (C=O) groups excluding carboxylic acids is 1. The first-order valence-electron chi connectivity index (χ1n) is 7.83. The molecule has 1 amide bonds. The summed E-state index contributed by atoms with van der Waals surface area (Å²) in [5.41, 5.74) is -0.221. The van der Waals surface area contributed by atoms with E-state index in [9.17, 15) is 14.7 Å². The third kappa shape index (κ3) is 2.25. The molecule has 5 nitrogen and oxygen atoms in total. The Bertz CT molecular complexity index is 600. The molecular formula is C17H21NO4. The van der Waals surface area contributed by atoms with Crippen LogP contribution < -0.4 is 4.74 Å². The summed E-state index contributed by atoms with van der Waals surface area (Å²) >= 11 is 0. The van der Waals surface area contributed by atoms with E-state index in [1.54, 1.807) is 23.1 Å². The number of fused-ring (bicyclic) bond motifs is 1. The summed E-state index contributed by atoms with van der Waals surface area (Å²) in [7, 11) is 0. The first-order valence-corrected chi connectivity index (χ1v) is 7.83. The summed E-state index contributed by atoms with van der Waals surface area (Å²) in [6, 6.07) is 7.16. The molecule has 1 saturated heterocycles. The lowest BCUT2D eigenvalue weighted by molar-refractivity contribution is -0.149. The lowest BCUT2D eigenvalue weighted by atomic mass is 9.81. The smallest absolute Gasteiger partial charge is 0.311 e. The zero-order chi connectivity index (χ0) is 15.7. The van der Waals surface area contributed by atoms with E-state index in [4.69, 9.17) is 4.74 Å². The van der Waals surface area contributed by atoms with E-state index < -0.39 is 11.4 Å². The van der Waals surface area contributed by atoms with Crippen LogP contribution in [0.2, 0.25) is 0 Å². The molecule has 0 bridgehead atoms. The van der Waals surface area contributed by atoms with Crippen molar-refractivity contribution >= 4 is 11.9 Å². The lowest BCUT2D eigenvalue weighted by Crippen LogP contribution is -2.37. The van der Waals surface area contributed by atoms with Crippen LogP contribution in [0.4, 0.5) is 0 Å². The minimum Gasteiger partial charge on any atom is -0.493 e. The summed E-state index contributed by atoms with van der Waals surface area (Å²) in [6.45, 7) is 3.21. The van der Waals surface area contributed by atoms with Crippen LogP contribution in [0.1, 0.15) is 36.5 Å². The first kappa shape index (κ1) is 14.9. The molecular weight excluding hydrogens is 282 g/mol. The van der Waals surface area contributed by atoms with Crippen molar-refractivity contribution in [1.29, 1.82) is 0 Å². The molecule has 2 fully saturated rings. The highest BCUT2D eigenvalue weighted by Gasteiger charge is 2.55. The molecule has 1 aliphatic carbocycles. The number of carbonyl (C=O) groups is 2. The molecule has 1 aromatic rings. The number of nitrogens with zero attached hydrogens (tertiary/aromatic N) is 1. The number of benzene rings is 1. The fraction of sp³-hybridized carbons (Fsp3) is 0.529. The van der Waals surface area contributed by atoms with Crippen LogP contribution in [0.3, 0.4) is 0 Å². The van der Waals surface area contributed by atoms with Gasteiger partial charge in [0, 0.05) is 13.1 Å². The second kappa shape index (κ2) is 5.63. The molecule has 2 aliphatic rings. The Labute approximate surface area is 129 Å². The third-order valence-corrected chi connectivity index (χ3v) is 5.00. The Morgan fingerprint density at radius 3 is 2.86 bits per heavy atom. The number of carboxylic acids is 1. The molecule has 2 atom stereocenters. The van der Waals surface area contributed by atoms with Crippen LogP contribution in [0.25, 0.3) is 0 Å². The number of hydrogen-bond acceptors (Lipinski definition) is 3. The fourth-order valence-electron chi connectivity index (χ4n) is 3.89. The highest BCUT2D eigenvalue weighted by atomic mass is 16.5. The number of ether oxygens (including phenoxy) is 1. The molecule has 0 unspecified atom stereocenters. The van der Waals surface area contributed by atoms with Gasteiger partial charge in [-0.1, -0.05) is 18.6 Å². The summed E-state index contributed by atoms with van der Waals surface area (Å²) in [6.07, 6.45) is 2.50. The van der Waals surface area contributed by atoms with E-state index in [-0.39, 0.29) is 11.8 Å². The van der Waals surface area contributed by atoms with Crippen LogP contribution in [0.5, 0.6) is 5.75 Å². The lowest BCUT2D eigenvalue weighted by Gasteiger charge is -2.23. The zero-order valence-electron chi connectivity index (χ0n) is 12.7. The number of hydrogen-bond donors (Lipinski definition) is 1. The number of para-hydroxylation sites is 1. The maximum atomic E-state index is 12.8. The molecule has 1 aromatic carbocycles. The third-order valence-electron chi connectivity index (χ3n) is 5.00. The zero-order valence-corrected chi connectivity index (χ0v) is 12.7. The summed E-state index contributed by atoms with van der Waals surface area (Å²) in [5, 5.41) is 9.62. The Hall–Kier alpha value is -2.04. The standard InChI is InChI=1S/C17H21NO4/c1-2-22-14-8-4-3-7-13(14)15(19)18-10-12-6-5-9-17(12,11-18)16(20)21/h3-4,7-8,12H,2,5-6,9-11H2,1H3,(H,20,21)/t12-,17+/m0/s1. The van der Waals surface area contributed by atoms with Crippen molar-refractivity contribution in [2.24, 2.45) is 11.3 Å². The van der Waals surface area contributed by atoms with Crippen molar-refractivity contribution in [2.45, 2.75) is 26.2 Å². The van der Waals surface area contributed by atoms with E-state index in [1.807, 2.05) is 13.0 Å². The quantitative estimate of drug-likeness (QED) is 0.927. The van der Waals surface area contributed by atoms with Crippen LogP contribution in [-0.4, -0.2) is 41.6 Å². The Balaban J connectivity index is 1.84. The molecule has 1 saturated carbocycles. The average molecular weight is 303 g/mol. The molecule has 0 radical (unpaired) electrons. The van der Waals surface area contributed by atoms with Crippen molar-refractivity contribution in [3.05, 3.63) is 29.8 Å². The molecule has 118 valence electrons. The number of likely N-dealkylation sites (tertiary alicyclic amines) is 1. The van der Waals surface area contributed by atoms with Crippen LogP contribution >= 0.6 is 0 Å². The monoisotopic (exact) mass is 303 g/mol. The van der Waals surface area contributed by atoms with Crippen LogP contribution in [0.15, 0.2) is 24.3 Å². The van der Waals surface area contributed by atoms with Gasteiger partial charge in [-0.05, 0) is 37.8 Å². The molecule has 3 rings (SSSR count). The van der Waals surface area contributed by atoms with Gasteiger partial charge in [0.15, 0.2) is 0 Å². The number of aliphatic carboxylic acids is 1. The summed E-state index contributed by atoms with van der Waals surface area (Å²) in [4.78, 5) is 26.2. The van der Waals surface area contributed by atoms with E-state index in [0.717, 1.165) is 12.8 Å². The van der Waals surface area contributed by atoms with Crippen LogP contribution in [0, 0.1) is 11.3 Å². The Morgan fingerprint density at radius 2 is 2.18 bits per heavy atom. The predicted octanol–water partition coefficient (Wildman–Crippen LogP) is 2.41. The van der Waals surface area contributed by atoms with Gasteiger partial charge in [0.2, 0.25) is 0 Å². The molecule has 22 heavy (non-hydrogen) atoms. The van der Waals surface area contributed by atoms with Crippen molar-refractivity contribution in [3.63, 3.8) is 0 Å². The van der Waals surface area contributed by atoms with Crippen molar-refractivity contribution in [1.82, 2.24) is 4.90 Å². The highest BCUT2D eigenvalue weighted by Crippen LogP contribution is 2.49. The van der Waals surface area contributed by atoms with Gasteiger partial charge in [-0.15, -0.1) is 0 Å². The Morgan fingerprint density at radius 1 is 1.41 bits per heavy atom. The predicted molar refractivity (Wildman–Crippen MR) is 80.9 cm³/mol. The van der Waals surface area contributed by atoms with E-state index in [1.165, 1.54) is 0 Å². The Kier molecular flexibility index (Phi) is 3.81. The van der Waals surface area contributed by atoms with Crippen LogP contribution in [-0.2, 0) is 4.79 Å². The SMILES string of the molecule is CCOc1ccccc1C(=O)N1C[C@@H]2CCC[C@@]2(C(=O)O)C1. The average Bonchev–Trinajstić information content (AvgIpc) is 3.05. The van der Waals surface area contributed by atoms with E-state index in [0.29, 0.717) is 37.4 Å². The van der Waals surface area contributed by atoms with E-state index >= 15 is 0 Å². The second-order valence-corrected chi connectivity index (χ2v) is 6.17. The molecule has 1 N–H and O–H groups in total. The van der Waals surface area contributed by atoms with Crippen molar-refractivity contribution in [3.8, 4) is 5.75 Å². The summed E-state index contributed by atoms with van der Waals surface area (Å²) in [5.74, 6) is -0.243. The van der Waals surface area contributed by atoms with Gasteiger partial charge in [-0.25, -0.2) is 0 Å². The maximum absolute atomic E-state index is 12.8. The fourth-order valence-corrected chi connectivity index (χ4v) is 3.89. The van der Waals surface area contributed by atoms with Gasteiger partial charge in [-0.3, -0.25) is 9.59 Å². The molecule has 0 spiro atoms. The number of amides is 1. The van der Waals surface area contributed by atoms with Gasteiger partial charge in [-0.2, -0.15) is 0 Å². The molecule has 0 aromatic heterocycles. The summed E-state index contributed by atoms with van der Waals surface area (Å²) < 4.78 is 5.52. The molecule has 1 aliphatic heterocycles. The number of rotatable bonds is 4. The minimum atomic E-state index is -0.761. The van der Waals surface area contributed by atoms with Crippen molar-refractivity contribution in [2.75, 3.05) is 19.7 Å². The largest absolute Gasteiger partial charge is 0.493 e. The topological polar surface area (TPSA) is 66.8 Å². The van der Waals surface area contributed by atoms with Gasteiger partial charge < -0.3 is 14.7 Å². The van der Waals surface area contributed by atoms with Gasteiger partial charge >= 0.3 is 5.97 Å². The van der Waals surface area contributed by atoms with Gasteiger partial charge in [0.1, 0.15) is 5.75 Å². The normalized spacial score (nSPS) is 26.8. The number of carboxylic acid groups (broad SMARTS) is 1. The van der Waals surface area contributed by atoms with Crippen molar-refractivity contribution < 1.29 is 19.4 Å². The molecule has 1 heterocycles. The molecule has 5 heteroatoms.